The molecule has 8 nitrogen and oxygen atoms in total. The Balaban J connectivity index is 2.06. The van der Waals surface area contributed by atoms with Gasteiger partial charge in [0.25, 0.3) is 5.69 Å². The van der Waals surface area contributed by atoms with Crippen LogP contribution in [0.15, 0.2) is 41.4 Å². The number of hydrogen-bond acceptors (Lipinski definition) is 7. The van der Waals surface area contributed by atoms with Gasteiger partial charge in [0.05, 0.1) is 10.5 Å². The van der Waals surface area contributed by atoms with E-state index in [1.54, 1.807) is 0 Å². The molecule has 0 aliphatic rings. The van der Waals surface area contributed by atoms with Gasteiger partial charge >= 0.3 is 6.18 Å². The Morgan fingerprint density at radius 3 is 2.44 bits per heavy atom. The van der Waals surface area contributed by atoms with Gasteiger partial charge in [0.2, 0.25) is 0 Å². The zero-order valence-electron chi connectivity index (χ0n) is 13.9. The van der Waals surface area contributed by atoms with Gasteiger partial charge in [-0.2, -0.15) is 13.2 Å². The minimum atomic E-state index is -4.55. The van der Waals surface area contributed by atoms with Gasteiger partial charge < -0.3 is 10.6 Å². The fourth-order valence-corrected chi connectivity index (χ4v) is 3.10. The molecule has 0 bridgehead atoms. The summed E-state index contributed by atoms with van der Waals surface area (Å²) in [4.78, 5) is 13.3. The maximum atomic E-state index is 12.9. The number of halogens is 3. The van der Waals surface area contributed by atoms with E-state index >= 15 is 0 Å². The Bertz CT molecular complexity index is 948. The van der Waals surface area contributed by atoms with E-state index in [4.69, 9.17) is 0 Å². The topological polar surface area (TPSA) is 114 Å². The van der Waals surface area contributed by atoms with Gasteiger partial charge in [0, 0.05) is 37.3 Å². The molecule has 146 valence electrons. The number of nitro benzene ring substituents is 1. The Kier molecular flexibility index (Phi) is 5.88. The Morgan fingerprint density at radius 1 is 1.19 bits per heavy atom. The lowest BCUT2D eigenvalue weighted by Gasteiger charge is -2.14. The van der Waals surface area contributed by atoms with E-state index in [1.165, 1.54) is 18.3 Å². The maximum Gasteiger partial charge on any atom is 0.419 e. The number of aromatic nitrogens is 1. The maximum absolute atomic E-state index is 12.9. The molecule has 1 heterocycles. The molecule has 0 saturated carbocycles. The molecule has 0 radical (unpaired) electrons. The third-order valence-electron chi connectivity index (χ3n) is 3.42. The van der Waals surface area contributed by atoms with Crippen LogP contribution >= 0.6 is 0 Å². The molecule has 0 unspecified atom stereocenters. The van der Waals surface area contributed by atoms with Gasteiger partial charge in [-0.3, -0.25) is 10.1 Å². The largest absolute Gasteiger partial charge is 0.419 e. The van der Waals surface area contributed by atoms with Crippen LogP contribution in [0.25, 0.3) is 0 Å². The first-order chi connectivity index (χ1) is 12.5. The first-order valence-corrected chi connectivity index (χ1v) is 9.38. The highest BCUT2D eigenvalue weighted by molar-refractivity contribution is 7.90. The number of hydrogen-bond donors (Lipinski definition) is 2. The third kappa shape index (κ3) is 5.29. The summed E-state index contributed by atoms with van der Waals surface area (Å²) in [6, 6.07) is 5.55. The molecule has 2 N–H and O–H groups in total. The predicted molar refractivity (Wildman–Crippen MR) is 92.4 cm³/mol. The summed E-state index contributed by atoms with van der Waals surface area (Å²) in [6.45, 7) is 0.167. The highest BCUT2D eigenvalue weighted by Crippen LogP contribution is 2.33. The lowest BCUT2D eigenvalue weighted by atomic mass is 10.2. The van der Waals surface area contributed by atoms with Crippen LogP contribution in [0.1, 0.15) is 5.56 Å². The van der Waals surface area contributed by atoms with Gasteiger partial charge in [-0.25, -0.2) is 13.4 Å². The number of nitrogens with zero attached hydrogens (tertiary/aromatic N) is 2. The third-order valence-corrected chi connectivity index (χ3v) is 4.54. The molecule has 2 aromatic rings. The van der Waals surface area contributed by atoms with E-state index in [0.29, 0.717) is 0 Å². The van der Waals surface area contributed by atoms with Crippen LogP contribution in [0.2, 0.25) is 0 Å². The zero-order chi connectivity index (χ0) is 20.2. The van der Waals surface area contributed by atoms with E-state index in [1.807, 2.05) is 0 Å². The Morgan fingerprint density at radius 2 is 1.85 bits per heavy atom. The highest BCUT2D eigenvalue weighted by atomic mass is 32.2. The number of sulfone groups is 1. The van der Waals surface area contributed by atoms with Gasteiger partial charge in [0.1, 0.15) is 10.7 Å². The first kappa shape index (κ1) is 20.4. The Labute approximate surface area is 152 Å². The highest BCUT2D eigenvalue weighted by Gasteiger charge is 2.33. The van der Waals surface area contributed by atoms with Crippen LogP contribution in [0.5, 0.6) is 0 Å². The summed E-state index contributed by atoms with van der Waals surface area (Å²) in [5.74, 6) is -0.327. The van der Waals surface area contributed by atoms with Crippen molar-refractivity contribution in [1.29, 1.82) is 0 Å². The average Bonchev–Trinajstić information content (AvgIpc) is 2.57. The van der Waals surface area contributed by atoms with Crippen LogP contribution in [0, 0.1) is 10.1 Å². The number of pyridine rings is 1. The predicted octanol–water partition coefficient (Wildman–Crippen LogP) is 2.94. The van der Waals surface area contributed by atoms with E-state index in [2.05, 4.69) is 15.6 Å². The molecule has 0 atom stereocenters. The van der Waals surface area contributed by atoms with Crippen molar-refractivity contribution in [1.82, 2.24) is 4.98 Å². The number of nitrogens with one attached hydrogen (secondary N) is 2. The van der Waals surface area contributed by atoms with Crippen molar-refractivity contribution in [3.63, 3.8) is 0 Å². The molecule has 27 heavy (non-hydrogen) atoms. The van der Waals surface area contributed by atoms with Gasteiger partial charge in [-0.1, -0.05) is 0 Å². The summed E-state index contributed by atoms with van der Waals surface area (Å²) < 4.78 is 62.0. The van der Waals surface area contributed by atoms with Crippen LogP contribution in [0.4, 0.5) is 30.4 Å². The normalized spacial score (nSPS) is 11.9. The standard InChI is InChI=1S/C15H15F3N4O4S/c1-27(25,26)13-9-10(4-5-12(13)22(23)24)19-7-8-21-14-11(15(16,17)18)3-2-6-20-14/h2-6,9,19H,7-8H2,1H3,(H,20,21). The van der Waals surface area contributed by atoms with Crippen molar-refractivity contribution in [3.05, 3.63) is 52.2 Å². The quantitative estimate of drug-likeness (QED) is 0.414. The van der Waals surface area contributed by atoms with Gasteiger partial charge in [-0.15, -0.1) is 0 Å². The minimum Gasteiger partial charge on any atom is -0.383 e. The van der Waals surface area contributed by atoms with Crippen LogP contribution in [-0.4, -0.2) is 37.7 Å². The molecule has 12 heteroatoms. The number of rotatable bonds is 7. The average molecular weight is 404 g/mol. The molecule has 1 aromatic carbocycles. The lowest BCUT2D eigenvalue weighted by molar-refractivity contribution is -0.387. The molecule has 0 aliphatic heterocycles. The lowest BCUT2D eigenvalue weighted by Crippen LogP contribution is -2.18. The summed E-state index contributed by atoms with van der Waals surface area (Å²) in [5, 5.41) is 16.3. The van der Waals surface area contributed by atoms with Crippen LogP contribution in [0.3, 0.4) is 0 Å². The van der Waals surface area contributed by atoms with Crippen molar-refractivity contribution in [2.75, 3.05) is 30.0 Å². The van der Waals surface area contributed by atoms with Crippen molar-refractivity contribution in [2.45, 2.75) is 11.1 Å². The van der Waals surface area contributed by atoms with E-state index in [-0.39, 0.29) is 24.6 Å². The van der Waals surface area contributed by atoms with Gasteiger partial charge in [-0.05, 0) is 24.3 Å². The molecule has 0 aliphatic carbocycles. The molecular weight excluding hydrogens is 389 g/mol. The van der Waals surface area contributed by atoms with E-state index < -0.39 is 37.1 Å². The zero-order valence-corrected chi connectivity index (χ0v) is 14.8. The van der Waals surface area contributed by atoms with Crippen molar-refractivity contribution >= 4 is 27.0 Å². The molecular formula is C15H15F3N4O4S. The molecule has 0 saturated heterocycles. The summed E-state index contributed by atoms with van der Waals surface area (Å²) >= 11 is 0. The van der Waals surface area contributed by atoms with Crippen molar-refractivity contribution in [3.8, 4) is 0 Å². The summed E-state index contributed by atoms with van der Waals surface area (Å²) in [7, 11) is -3.83. The summed E-state index contributed by atoms with van der Waals surface area (Å²) in [5.41, 5.74) is -1.18. The first-order valence-electron chi connectivity index (χ1n) is 7.48. The monoisotopic (exact) mass is 404 g/mol. The van der Waals surface area contributed by atoms with Crippen LogP contribution < -0.4 is 10.6 Å². The smallest absolute Gasteiger partial charge is 0.383 e. The van der Waals surface area contributed by atoms with Crippen LogP contribution in [-0.2, 0) is 16.0 Å². The number of nitro groups is 1. The SMILES string of the molecule is CS(=O)(=O)c1cc(NCCNc2ncccc2C(F)(F)F)ccc1[N+](=O)[O-]. The number of benzene rings is 1. The molecule has 2 rings (SSSR count). The molecule has 0 amide bonds. The number of anilines is 2. The molecule has 0 spiro atoms. The molecule has 0 fully saturated rings. The fraction of sp³-hybridized carbons (Fsp3) is 0.267. The van der Waals surface area contributed by atoms with Crippen molar-refractivity contribution < 1.29 is 26.5 Å². The second kappa shape index (κ2) is 7.78. The van der Waals surface area contributed by atoms with Crippen molar-refractivity contribution in [2.24, 2.45) is 0 Å². The van der Waals surface area contributed by atoms with E-state index in [0.717, 1.165) is 24.5 Å². The number of alkyl halides is 3. The Hall–Kier alpha value is -2.89. The fourth-order valence-electron chi connectivity index (χ4n) is 2.23. The van der Waals surface area contributed by atoms with Gasteiger partial charge in [0.15, 0.2) is 9.84 Å². The van der Waals surface area contributed by atoms with E-state index in [9.17, 15) is 31.7 Å². The minimum absolute atomic E-state index is 0.0469. The summed E-state index contributed by atoms with van der Waals surface area (Å²) in [6.07, 6.45) is -2.48. The second-order valence-electron chi connectivity index (χ2n) is 5.46. The second-order valence-corrected chi connectivity index (χ2v) is 7.45. The molecule has 1 aromatic heterocycles.